The molecule has 0 saturated carbocycles. The molecule has 0 radical (unpaired) electrons. The van der Waals surface area contributed by atoms with Gasteiger partial charge in [-0.2, -0.15) is 4.98 Å². The fourth-order valence-electron chi connectivity index (χ4n) is 3.69. The van der Waals surface area contributed by atoms with Crippen molar-refractivity contribution in [3.63, 3.8) is 0 Å². The molecule has 0 fully saturated rings. The topological polar surface area (TPSA) is 81.0 Å². The van der Waals surface area contributed by atoms with Gasteiger partial charge in [-0.05, 0) is 74.4 Å². The summed E-state index contributed by atoms with van der Waals surface area (Å²) in [6.07, 6.45) is 6.92. The largest absolute Gasteiger partial charge is 0.491 e. The minimum absolute atomic E-state index is 0.116. The number of aryl methyl sites for hydroxylation is 1. The van der Waals surface area contributed by atoms with Crippen LogP contribution in [0, 0.1) is 0 Å². The number of ether oxygens (including phenoxy) is 1. The van der Waals surface area contributed by atoms with Gasteiger partial charge in [0.25, 0.3) is 11.4 Å². The molecule has 0 spiro atoms. The van der Waals surface area contributed by atoms with E-state index >= 15 is 0 Å². The highest BCUT2D eigenvalue weighted by atomic mass is 16.5. The molecule has 3 aromatic rings. The Kier molecular flexibility index (Phi) is 5.34. The number of pyridine rings is 1. The van der Waals surface area contributed by atoms with Crippen LogP contribution in [0.1, 0.15) is 62.2 Å². The number of aromatic nitrogens is 3. The summed E-state index contributed by atoms with van der Waals surface area (Å²) in [6, 6.07) is 9.68. The van der Waals surface area contributed by atoms with Crippen molar-refractivity contribution in [2.24, 2.45) is 0 Å². The fourth-order valence-corrected chi connectivity index (χ4v) is 3.69. The molecular weight excluding hydrogens is 366 g/mol. The smallest absolute Gasteiger partial charge is 0.259 e. The van der Waals surface area contributed by atoms with Gasteiger partial charge in [0.05, 0.1) is 11.7 Å². The van der Waals surface area contributed by atoms with Crippen LogP contribution in [0.15, 0.2) is 39.6 Å². The first-order valence-electron chi connectivity index (χ1n) is 10.0. The summed E-state index contributed by atoms with van der Waals surface area (Å²) in [5, 5.41) is 4.00. The van der Waals surface area contributed by atoms with Crippen molar-refractivity contribution in [1.82, 2.24) is 15.1 Å². The molecule has 1 unspecified atom stereocenters. The maximum absolute atomic E-state index is 12.5. The van der Waals surface area contributed by atoms with Crippen LogP contribution in [0.5, 0.6) is 5.75 Å². The van der Waals surface area contributed by atoms with Gasteiger partial charge in [0.1, 0.15) is 5.75 Å². The molecule has 29 heavy (non-hydrogen) atoms. The van der Waals surface area contributed by atoms with Crippen molar-refractivity contribution in [1.29, 1.82) is 0 Å². The van der Waals surface area contributed by atoms with Gasteiger partial charge < -0.3 is 14.2 Å². The third-order valence-electron chi connectivity index (χ3n) is 5.06. The quantitative estimate of drug-likeness (QED) is 0.674. The van der Waals surface area contributed by atoms with Crippen LogP contribution >= 0.6 is 0 Å². The van der Waals surface area contributed by atoms with Crippen LogP contribution < -0.4 is 10.3 Å². The Labute approximate surface area is 169 Å². The van der Waals surface area contributed by atoms with E-state index in [2.05, 4.69) is 22.0 Å². The first-order valence-corrected chi connectivity index (χ1v) is 10.0. The Hall–Kier alpha value is -3.15. The number of rotatable bonds is 5. The van der Waals surface area contributed by atoms with Crippen LogP contribution in [0.4, 0.5) is 0 Å². The SMILES string of the molecule is CC(C)Oc1cccc(/C=C/c2nc(-c3cc4c([nH]c3=O)C(C)CCC4)no2)c1. The number of aromatic amines is 1. The van der Waals surface area contributed by atoms with Crippen LogP contribution in [0.25, 0.3) is 23.5 Å². The van der Waals surface area contributed by atoms with Gasteiger partial charge in [-0.25, -0.2) is 0 Å². The summed E-state index contributed by atoms with van der Waals surface area (Å²) in [5.74, 6) is 1.84. The number of H-pyrrole nitrogens is 1. The van der Waals surface area contributed by atoms with E-state index in [0.29, 0.717) is 23.2 Å². The molecule has 2 heterocycles. The number of fused-ring (bicyclic) bond motifs is 1. The molecule has 0 bridgehead atoms. The molecule has 4 rings (SSSR count). The number of nitrogens with one attached hydrogen (secondary N) is 1. The van der Waals surface area contributed by atoms with Gasteiger partial charge in [-0.3, -0.25) is 4.79 Å². The van der Waals surface area contributed by atoms with Gasteiger partial charge in [0.15, 0.2) is 0 Å². The Morgan fingerprint density at radius 1 is 1.28 bits per heavy atom. The van der Waals surface area contributed by atoms with E-state index in [1.165, 1.54) is 5.56 Å². The normalized spacial score (nSPS) is 16.3. The molecule has 6 heteroatoms. The van der Waals surface area contributed by atoms with E-state index < -0.39 is 0 Å². The molecule has 1 N–H and O–H groups in total. The molecule has 2 aromatic heterocycles. The predicted octanol–water partition coefficient (Wildman–Crippen LogP) is 4.82. The Morgan fingerprint density at radius 2 is 2.14 bits per heavy atom. The van der Waals surface area contributed by atoms with Crippen LogP contribution in [-0.4, -0.2) is 21.2 Å². The summed E-state index contributed by atoms with van der Waals surface area (Å²) >= 11 is 0. The molecule has 0 aliphatic heterocycles. The Morgan fingerprint density at radius 3 is 2.97 bits per heavy atom. The molecule has 6 nitrogen and oxygen atoms in total. The predicted molar refractivity (Wildman–Crippen MR) is 113 cm³/mol. The summed E-state index contributed by atoms with van der Waals surface area (Å²) in [7, 11) is 0. The molecule has 150 valence electrons. The zero-order valence-electron chi connectivity index (χ0n) is 16.9. The Balaban J connectivity index is 1.56. The van der Waals surface area contributed by atoms with E-state index in [0.717, 1.165) is 36.3 Å². The highest BCUT2D eigenvalue weighted by Gasteiger charge is 2.21. The molecular formula is C23H25N3O3. The van der Waals surface area contributed by atoms with Crippen LogP contribution in [0.3, 0.4) is 0 Å². The number of hydrogen-bond acceptors (Lipinski definition) is 5. The second kappa shape index (κ2) is 8.07. The first kappa shape index (κ1) is 19.2. The average Bonchev–Trinajstić information content (AvgIpc) is 3.15. The van der Waals surface area contributed by atoms with Crippen LogP contribution in [0.2, 0.25) is 0 Å². The minimum Gasteiger partial charge on any atom is -0.491 e. The summed E-state index contributed by atoms with van der Waals surface area (Å²) in [4.78, 5) is 19.9. The second-order valence-corrected chi connectivity index (χ2v) is 7.77. The summed E-state index contributed by atoms with van der Waals surface area (Å²) in [6.45, 7) is 6.13. The first-order chi connectivity index (χ1) is 14.0. The minimum atomic E-state index is -0.174. The van der Waals surface area contributed by atoms with Crippen molar-refractivity contribution >= 4 is 12.2 Å². The standard InChI is InChI=1S/C23H25N3O3/c1-14(2)28-18-9-5-7-16(12-18)10-11-20-24-22(26-29-20)19-13-17-8-4-6-15(3)21(17)25-23(19)27/h5,7,9-15H,4,6,8H2,1-3H3,(H,25,27)/b11-10+. The van der Waals surface area contributed by atoms with Gasteiger partial charge in [0, 0.05) is 11.8 Å². The van der Waals surface area contributed by atoms with Gasteiger partial charge in [-0.1, -0.05) is 24.2 Å². The third kappa shape index (κ3) is 4.31. The lowest BCUT2D eigenvalue weighted by Gasteiger charge is -2.21. The number of benzene rings is 1. The Bertz CT molecular complexity index is 1090. The van der Waals surface area contributed by atoms with E-state index in [-0.39, 0.29) is 11.7 Å². The van der Waals surface area contributed by atoms with Crippen molar-refractivity contribution in [2.75, 3.05) is 0 Å². The lowest BCUT2D eigenvalue weighted by Crippen LogP contribution is -2.19. The zero-order chi connectivity index (χ0) is 20.4. The molecule has 0 saturated heterocycles. The molecule has 1 atom stereocenters. The van der Waals surface area contributed by atoms with E-state index in [9.17, 15) is 4.79 Å². The number of hydrogen-bond donors (Lipinski definition) is 1. The maximum atomic E-state index is 12.5. The van der Waals surface area contributed by atoms with Crippen molar-refractivity contribution in [3.05, 3.63) is 63.4 Å². The highest BCUT2D eigenvalue weighted by Crippen LogP contribution is 2.30. The van der Waals surface area contributed by atoms with Gasteiger partial charge in [0.2, 0.25) is 5.82 Å². The molecule has 1 aliphatic rings. The third-order valence-corrected chi connectivity index (χ3v) is 5.06. The summed E-state index contributed by atoms with van der Waals surface area (Å²) in [5.41, 5.74) is 3.45. The molecule has 1 aliphatic carbocycles. The lowest BCUT2D eigenvalue weighted by atomic mass is 9.87. The lowest BCUT2D eigenvalue weighted by molar-refractivity contribution is 0.242. The number of nitrogens with zero attached hydrogens (tertiary/aromatic N) is 2. The van der Waals surface area contributed by atoms with E-state index in [1.807, 2.05) is 50.3 Å². The van der Waals surface area contributed by atoms with Gasteiger partial charge in [-0.15, -0.1) is 0 Å². The van der Waals surface area contributed by atoms with Crippen molar-refractivity contribution < 1.29 is 9.26 Å². The average molecular weight is 391 g/mol. The van der Waals surface area contributed by atoms with E-state index in [1.54, 1.807) is 6.08 Å². The summed E-state index contributed by atoms with van der Waals surface area (Å²) < 4.78 is 11.0. The fraction of sp³-hybridized carbons (Fsp3) is 0.348. The second-order valence-electron chi connectivity index (χ2n) is 7.77. The zero-order valence-corrected chi connectivity index (χ0v) is 16.9. The maximum Gasteiger partial charge on any atom is 0.259 e. The van der Waals surface area contributed by atoms with Crippen LogP contribution in [-0.2, 0) is 6.42 Å². The van der Waals surface area contributed by atoms with Gasteiger partial charge >= 0.3 is 0 Å². The van der Waals surface area contributed by atoms with Crippen molar-refractivity contribution in [2.45, 2.75) is 52.1 Å². The monoisotopic (exact) mass is 391 g/mol. The molecule has 1 aromatic carbocycles. The van der Waals surface area contributed by atoms with Crippen molar-refractivity contribution in [3.8, 4) is 17.1 Å². The molecule has 0 amide bonds. The highest BCUT2D eigenvalue weighted by molar-refractivity contribution is 5.67. The van der Waals surface area contributed by atoms with E-state index in [4.69, 9.17) is 9.26 Å².